The maximum absolute atomic E-state index is 14.3. The van der Waals surface area contributed by atoms with E-state index >= 15 is 0 Å². The summed E-state index contributed by atoms with van der Waals surface area (Å²) < 4.78 is 35.2. The van der Waals surface area contributed by atoms with Crippen molar-refractivity contribution in [2.45, 2.75) is 69.5 Å². The fraction of sp³-hybridized carbons (Fsp3) is 0.297. The molecule has 0 aliphatic heterocycles. The maximum atomic E-state index is 14.3. The number of aryl methyl sites for hydroxylation is 1. The van der Waals surface area contributed by atoms with Crippen molar-refractivity contribution < 1.29 is 22.7 Å². The van der Waals surface area contributed by atoms with Gasteiger partial charge in [-0.05, 0) is 80.8 Å². The van der Waals surface area contributed by atoms with Crippen molar-refractivity contribution in [3.63, 3.8) is 0 Å². The summed E-state index contributed by atoms with van der Waals surface area (Å²) in [7, 11) is -4.16. The Bertz CT molecular complexity index is 1710. The fourth-order valence-corrected chi connectivity index (χ4v) is 7.15. The van der Waals surface area contributed by atoms with Gasteiger partial charge in [0.25, 0.3) is 10.0 Å². The van der Waals surface area contributed by atoms with E-state index in [2.05, 4.69) is 5.32 Å². The number of hydrogen-bond donors (Lipinski definition) is 1. The van der Waals surface area contributed by atoms with Gasteiger partial charge in [0.05, 0.1) is 10.6 Å². The van der Waals surface area contributed by atoms with Gasteiger partial charge in [0.1, 0.15) is 24.1 Å². The first-order valence-electron chi connectivity index (χ1n) is 15.8. The van der Waals surface area contributed by atoms with Crippen LogP contribution in [0.1, 0.15) is 50.2 Å². The molecule has 2 amide bonds. The lowest BCUT2D eigenvalue weighted by Crippen LogP contribution is -2.53. The molecule has 0 aromatic heterocycles. The molecule has 1 N–H and O–H groups in total. The number of carbonyl (C=O) groups excluding carboxylic acids is 2. The quantitative estimate of drug-likeness (QED) is 0.183. The molecule has 0 radical (unpaired) electrons. The molecule has 0 bridgehead atoms. The van der Waals surface area contributed by atoms with Crippen molar-refractivity contribution in [1.29, 1.82) is 0 Å². The van der Waals surface area contributed by atoms with Crippen LogP contribution >= 0.6 is 0 Å². The Labute approximate surface area is 272 Å². The first-order valence-corrected chi connectivity index (χ1v) is 17.2. The number of hydrogen-bond acceptors (Lipinski definition) is 5. The fourth-order valence-electron chi connectivity index (χ4n) is 5.71. The zero-order chi connectivity index (χ0) is 32.5. The van der Waals surface area contributed by atoms with E-state index in [1.807, 2.05) is 61.5 Å². The van der Waals surface area contributed by atoms with E-state index < -0.39 is 28.5 Å². The molecular formula is C37H41N3O5S. The van der Waals surface area contributed by atoms with Crippen LogP contribution < -0.4 is 14.4 Å². The monoisotopic (exact) mass is 639 g/mol. The lowest BCUT2D eigenvalue weighted by molar-refractivity contribution is -0.139. The third kappa shape index (κ3) is 8.34. The summed E-state index contributed by atoms with van der Waals surface area (Å²) in [5, 5.41) is 3.14. The molecule has 8 nitrogen and oxygen atoms in total. The lowest BCUT2D eigenvalue weighted by Gasteiger charge is -2.33. The van der Waals surface area contributed by atoms with E-state index in [0.717, 1.165) is 47.5 Å². The summed E-state index contributed by atoms with van der Waals surface area (Å²) in [6, 6.07) is 30.9. The number of para-hydroxylation sites is 1. The summed E-state index contributed by atoms with van der Waals surface area (Å²) in [5.74, 6) is 0.434. The van der Waals surface area contributed by atoms with Gasteiger partial charge in [-0.1, -0.05) is 85.5 Å². The van der Waals surface area contributed by atoms with E-state index in [0.29, 0.717) is 17.2 Å². The Morgan fingerprint density at radius 2 is 1.46 bits per heavy atom. The highest BCUT2D eigenvalue weighted by Gasteiger charge is 2.33. The predicted molar refractivity (Wildman–Crippen MR) is 180 cm³/mol. The van der Waals surface area contributed by atoms with Crippen molar-refractivity contribution in [3.05, 3.63) is 120 Å². The van der Waals surface area contributed by atoms with Crippen LogP contribution in [-0.4, -0.2) is 43.8 Å². The Hall–Kier alpha value is -4.63. The third-order valence-electron chi connectivity index (χ3n) is 8.27. The average molecular weight is 640 g/mol. The molecule has 1 aliphatic carbocycles. The molecule has 1 aliphatic rings. The van der Waals surface area contributed by atoms with Crippen molar-refractivity contribution in [2.24, 2.45) is 0 Å². The van der Waals surface area contributed by atoms with Gasteiger partial charge in [-0.25, -0.2) is 8.42 Å². The minimum Gasteiger partial charge on any atom is -0.457 e. The van der Waals surface area contributed by atoms with Gasteiger partial charge >= 0.3 is 0 Å². The van der Waals surface area contributed by atoms with Gasteiger partial charge in [0, 0.05) is 12.6 Å². The molecule has 46 heavy (non-hydrogen) atoms. The van der Waals surface area contributed by atoms with Crippen LogP contribution in [-0.2, 0) is 26.2 Å². The number of anilines is 1. The second kappa shape index (κ2) is 15.1. The number of ether oxygens (including phenoxy) is 1. The Balaban J connectivity index is 1.45. The largest absolute Gasteiger partial charge is 0.457 e. The lowest BCUT2D eigenvalue weighted by atomic mass is 9.95. The normalized spacial score (nSPS) is 14.2. The summed E-state index contributed by atoms with van der Waals surface area (Å²) in [4.78, 5) is 29.3. The number of sulfonamides is 1. The molecule has 4 aromatic rings. The second-order valence-electron chi connectivity index (χ2n) is 11.8. The van der Waals surface area contributed by atoms with Gasteiger partial charge in [0.15, 0.2) is 0 Å². The number of nitrogens with one attached hydrogen (secondary N) is 1. The summed E-state index contributed by atoms with van der Waals surface area (Å²) in [6.07, 6.45) is 5.11. The number of benzene rings is 4. The molecule has 9 heteroatoms. The van der Waals surface area contributed by atoms with Crippen molar-refractivity contribution >= 4 is 27.5 Å². The van der Waals surface area contributed by atoms with Crippen LogP contribution in [0.5, 0.6) is 11.5 Å². The zero-order valence-corrected chi connectivity index (χ0v) is 27.2. The Kier molecular flexibility index (Phi) is 10.8. The first kappa shape index (κ1) is 32.8. The van der Waals surface area contributed by atoms with Crippen LogP contribution in [0.25, 0.3) is 0 Å². The van der Waals surface area contributed by atoms with Gasteiger partial charge in [0.2, 0.25) is 11.8 Å². The highest BCUT2D eigenvalue weighted by molar-refractivity contribution is 7.92. The van der Waals surface area contributed by atoms with Crippen molar-refractivity contribution in [2.75, 3.05) is 10.8 Å². The predicted octanol–water partition coefficient (Wildman–Crippen LogP) is 6.85. The molecule has 5 rings (SSSR count). The number of carbonyl (C=O) groups is 2. The zero-order valence-electron chi connectivity index (χ0n) is 26.3. The molecule has 0 spiro atoms. The molecule has 1 atom stereocenters. The molecule has 1 fully saturated rings. The topological polar surface area (TPSA) is 96.0 Å². The van der Waals surface area contributed by atoms with Gasteiger partial charge < -0.3 is 15.0 Å². The molecule has 0 saturated heterocycles. The smallest absolute Gasteiger partial charge is 0.264 e. The molecule has 0 unspecified atom stereocenters. The van der Waals surface area contributed by atoms with E-state index in [4.69, 9.17) is 4.74 Å². The molecule has 0 heterocycles. The van der Waals surface area contributed by atoms with E-state index in [-0.39, 0.29) is 23.4 Å². The van der Waals surface area contributed by atoms with Crippen LogP contribution in [0.2, 0.25) is 0 Å². The highest BCUT2D eigenvalue weighted by atomic mass is 32.2. The minimum atomic E-state index is -4.16. The second-order valence-corrected chi connectivity index (χ2v) is 13.6. The number of rotatable bonds is 12. The first-order chi connectivity index (χ1) is 22.2. The average Bonchev–Trinajstić information content (AvgIpc) is 3.07. The number of amides is 2. The Morgan fingerprint density at radius 3 is 2.11 bits per heavy atom. The van der Waals surface area contributed by atoms with Crippen molar-refractivity contribution in [3.8, 4) is 11.5 Å². The maximum Gasteiger partial charge on any atom is 0.264 e. The van der Waals surface area contributed by atoms with E-state index in [1.54, 1.807) is 49.4 Å². The third-order valence-corrected chi connectivity index (χ3v) is 10.1. The van der Waals surface area contributed by atoms with Gasteiger partial charge in [-0.3, -0.25) is 13.9 Å². The van der Waals surface area contributed by atoms with E-state index in [9.17, 15) is 18.0 Å². The van der Waals surface area contributed by atoms with Gasteiger partial charge in [-0.15, -0.1) is 0 Å². The summed E-state index contributed by atoms with van der Waals surface area (Å²) in [5.41, 5.74) is 2.17. The van der Waals surface area contributed by atoms with Gasteiger partial charge in [-0.2, -0.15) is 0 Å². The Morgan fingerprint density at radius 1 is 0.826 bits per heavy atom. The van der Waals surface area contributed by atoms with Crippen molar-refractivity contribution in [1.82, 2.24) is 10.2 Å². The van der Waals surface area contributed by atoms with E-state index in [1.165, 1.54) is 17.0 Å². The summed E-state index contributed by atoms with van der Waals surface area (Å²) in [6.45, 7) is 3.33. The molecular weight excluding hydrogens is 598 g/mol. The minimum absolute atomic E-state index is 0.0562. The van der Waals surface area contributed by atoms with Crippen LogP contribution in [0, 0.1) is 6.92 Å². The molecule has 1 saturated carbocycles. The summed E-state index contributed by atoms with van der Waals surface area (Å²) >= 11 is 0. The van der Waals surface area contributed by atoms with Crippen LogP contribution in [0.4, 0.5) is 5.69 Å². The SMILES string of the molecule is Cc1cccc(CN(C(=O)CN(c2ccc(Oc3ccccc3)cc2)S(=O)(=O)c2ccccc2)[C@H](C)C(=O)NC2CCCCC2)c1. The van der Waals surface area contributed by atoms with Crippen LogP contribution in [0.3, 0.4) is 0 Å². The molecule has 4 aromatic carbocycles. The van der Waals surface area contributed by atoms with Crippen LogP contribution in [0.15, 0.2) is 114 Å². The molecule has 240 valence electrons. The standard InChI is InChI=1S/C37H41N3O5S/c1-28-13-12-14-30(25-28)26-39(29(2)37(42)38-31-15-6-3-7-16-31)36(41)27-40(46(43,44)35-19-10-5-11-20-35)32-21-23-34(24-22-32)45-33-17-8-4-9-18-33/h4-5,8-14,17-25,29,31H,3,6-7,15-16,26-27H2,1-2H3,(H,38,42)/t29-/m1/s1. The number of nitrogens with zero attached hydrogens (tertiary/aromatic N) is 2. The highest BCUT2D eigenvalue weighted by Crippen LogP contribution is 2.29.